The van der Waals surface area contributed by atoms with Crippen LogP contribution in [0, 0.1) is 0 Å². The number of hydrogen-bond donors (Lipinski definition) is 0. The number of carbonyl (C=O) groups is 1. The average Bonchev–Trinajstić information content (AvgIpc) is 2.56. The Morgan fingerprint density at radius 2 is 1.14 bits per heavy atom. The number of methoxy groups -OCH3 is 3. The summed E-state index contributed by atoms with van der Waals surface area (Å²) in [5.74, 6) is 0.728. The second kappa shape index (κ2) is 6.79. The Morgan fingerprint density at radius 1 is 0.762 bits per heavy atom. The number of ether oxygens (including phenoxy) is 3. The quantitative estimate of drug-likeness (QED) is 0.793. The van der Waals surface area contributed by atoms with Gasteiger partial charge >= 0.3 is 5.97 Å². The topological polar surface area (TPSA) is 44.8 Å². The number of esters is 1. The first-order chi connectivity index (χ1) is 10.2. The van der Waals surface area contributed by atoms with E-state index in [1.54, 1.807) is 14.2 Å². The van der Waals surface area contributed by atoms with Crippen LogP contribution in [0.2, 0.25) is 0 Å². The molecular weight excluding hydrogens is 268 g/mol. The Kier molecular flexibility index (Phi) is 4.82. The predicted octanol–water partition coefficient (Wildman–Crippen LogP) is 3.01. The largest absolute Gasteiger partial charge is 0.497 e. The van der Waals surface area contributed by atoms with Gasteiger partial charge in [0, 0.05) is 0 Å². The molecule has 0 aliphatic carbocycles. The Morgan fingerprint density at radius 3 is 1.43 bits per heavy atom. The molecule has 0 fully saturated rings. The highest BCUT2D eigenvalue weighted by molar-refractivity contribution is 5.82. The third-order valence-corrected chi connectivity index (χ3v) is 3.34. The van der Waals surface area contributed by atoms with Crippen LogP contribution in [-0.2, 0) is 9.53 Å². The van der Waals surface area contributed by atoms with Gasteiger partial charge in [-0.05, 0) is 35.4 Å². The standard InChI is InChI=1S/C17H18O4/c1-19-14-8-4-12(5-9-14)16(17(18)21-3)13-6-10-15(20-2)11-7-13/h4-11,16H,1-3H3. The van der Waals surface area contributed by atoms with Crippen molar-refractivity contribution in [2.24, 2.45) is 0 Å². The van der Waals surface area contributed by atoms with Crippen molar-refractivity contribution < 1.29 is 19.0 Å². The van der Waals surface area contributed by atoms with Crippen molar-refractivity contribution >= 4 is 5.97 Å². The third kappa shape index (κ3) is 3.34. The molecule has 0 aliphatic rings. The van der Waals surface area contributed by atoms with E-state index in [1.807, 2.05) is 48.5 Å². The molecule has 0 amide bonds. The summed E-state index contributed by atoms with van der Waals surface area (Å²) in [5.41, 5.74) is 1.71. The molecular formula is C17H18O4. The molecule has 0 saturated heterocycles. The van der Waals surface area contributed by atoms with Gasteiger partial charge in [-0.3, -0.25) is 4.79 Å². The molecule has 0 heterocycles. The van der Waals surface area contributed by atoms with Gasteiger partial charge < -0.3 is 14.2 Å². The summed E-state index contributed by atoms with van der Waals surface area (Å²) in [7, 11) is 4.61. The molecule has 110 valence electrons. The molecule has 0 saturated carbocycles. The van der Waals surface area contributed by atoms with E-state index in [2.05, 4.69) is 0 Å². The predicted molar refractivity (Wildman–Crippen MR) is 79.8 cm³/mol. The smallest absolute Gasteiger partial charge is 0.317 e. The molecule has 4 nitrogen and oxygen atoms in total. The molecule has 0 N–H and O–H groups in total. The van der Waals surface area contributed by atoms with E-state index < -0.39 is 5.92 Å². The van der Waals surface area contributed by atoms with Crippen molar-refractivity contribution in [1.29, 1.82) is 0 Å². The minimum absolute atomic E-state index is 0.301. The zero-order chi connectivity index (χ0) is 15.2. The van der Waals surface area contributed by atoms with Crippen LogP contribution in [0.25, 0.3) is 0 Å². The fourth-order valence-corrected chi connectivity index (χ4v) is 2.18. The Labute approximate surface area is 124 Å². The maximum atomic E-state index is 12.1. The highest BCUT2D eigenvalue weighted by Crippen LogP contribution is 2.28. The molecule has 0 bridgehead atoms. The minimum Gasteiger partial charge on any atom is -0.497 e. The summed E-state index contributed by atoms with van der Waals surface area (Å²) in [5, 5.41) is 0. The number of benzene rings is 2. The van der Waals surface area contributed by atoms with Gasteiger partial charge in [-0.15, -0.1) is 0 Å². The summed E-state index contributed by atoms with van der Waals surface area (Å²) in [6.45, 7) is 0. The van der Waals surface area contributed by atoms with Gasteiger partial charge in [-0.2, -0.15) is 0 Å². The van der Waals surface area contributed by atoms with Crippen LogP contribution in [0.15, 0.2) is 48.5 Å². The first-order valence-electron chi connectivity index (χ1n) is 6.55. The zero-order valence-electron chi connectivity index (χ0n) is 12.3. The molecule has 0 atom stereocenters. The maximum absolute atomic E-state index is 12.1. The number of rotatable bonds is 5. The number of hydrogen-bond acceptors (Lipinski definition) is 4. The lowest BCUT2D eigenvalue weighted by molar-refractivity contribution is -0.141. The van der Waals surface area contributed by atoms with E-state index in [0.29, 0.717) is 0 Å². The van der Waals surface area contributed by atoms with Gasteiger partial charge in [0.25, 0.3) is 0 Å². The minimum atomic E-state index is -0.466. The Balaban J connectivity index is 2.38. The summed E-state index contributed by atoms with van der Waals surface area (Å²) in [6, 6.07) is 14.8. The van der Waals surface area contributed by atoms with Gasteiger partial charge in [0.2, 0.25) is 0 Å². The van der Waals surface area contributed by atoms with Crippen molar-refractivity contribution in [2.75, 3.05) is 21.3 Å². The Bertz CT molecular complexity index is 540. The third-order valence-electron chi connectivity index (χ3n) is 3.34. The Hall–Kier alpha value is -2.49. The van der Waals surface area contributed by atoms with Gasteiger partial charge in [-0.25, -0.2) is 0 Å². The highest BCUT2D eigenvalue weighted by atomic mass is 16.5. The molecule has 4 heteroatoms. The SMILES string of the molecule is COC(=O)C(c1ccc(OC)cc1)c1ccc(OC)cc1. The highest BCUT2D eigenvalue weighted by Gasteiger charge is 2.23. The van der Waals surface area contributed by atoms with Crippen molar-refractivity contribution in [3.63, 3.8) is 0 Å². The van der Waals surface area contributed by atoms with Gasteiger partial charge in [0.15, 0.2) is 0 Å². The van der Waals surface area contributed by atoms with E-state index in [4.69, 9.17) is 14.2 Å². The molecule has 0 aromatic heterocycles. The van der Waals surface area contributed by atoms with E-state index in [-0.39, 0.29) is 5.97 Å². The summed E-state index contributed by atoms with van der Waals surface area (Å²) in [6.07, 6.45) is 0. The van der Waals surface area contributed by atoms with Crippen LogP contribution < -0.4 is 9.47 Å². The molecule has 0 aliphatic heterocycles. The van der Waals surface area contributed by atoms with Crippen LogP contribution in [0.5, 0.6) is 11.5 Å². The first kappa shape index (κ1) is 14.9. The molecule has 0 spiro atoms. The van der Waals surface area contributed by atoms with Crippen molar-refractivity contribution in [1.82, 2.24) is 0 Å². The van der Waals surface area contributed by atoms with Crippen molar-refractivity contribution in [3.05, 3.63) is 59.7 Å². The first-order valence-corrected chi connectivity index (χ1v) is 6.55. The van der Waals surface area contributed by atoms with E-state index in [0.717, 1.165) is 22.6 Å². The second-order valence-corrected chi connectivity index (χ2v) is 4.50. The van der Waals surface area contributed by atoms with Crippen molar-refractivity contribution in [2.45, 2.75) is 5.92 Å². The van der Waals surface area contributed by atoms with E-state index >= 15 is 0 Å². The van der Waals surface area contributed by atoms with Crippen LogP contribution in [0.4, 0.5) is 0 Å². The molecule has 2 aromatic rings. The zero-order valence-corrected chi connectivity index (χ0v) is 12.3. The second-order valence-electron chi connectivity index (χ2n) is 4.50. The summed E-state index contributed by atoms with van der Waals surface area (Å²) < 4.78 is 15.2. The van der Waals surface area contributed by atoms with Gasteiger partial charge in [0.1, 0.15) is 17.4 Å². The lowest BCUT2D eigenvalue weighted by Crippen LogP contribution is -2.15. The van der Waals surface area contributed by atoms with Gasteiger partial charge in [0.05, 0.1) is 21.3 Å². The van der Waals surface area contributed by atoms with Gasteiger partial charge in [-0.1, -0.05) is 24.3 Å². The molecule has 2 rings (SSSR count). The average molecular weight is 286 g/mol. The monoisotopic (exact) mass is 286 g/mol. The number of carbonyl (C=O) groups excluding carboxylic acids is 1. The summed E-state index contributed by atoms with van der Waals surface area (Å²) in [4.78, 5) is 12.1. The lowest BCUT2D eigenvalue weighted by Gasteiger charge is -2.16. The molecule has 2 aromatic carbocycles. The lowest BCUT2D eigenvalue weighted by atomic mass is 9.91. The fourth-order valence-electron chi connectivity index (χ4n) is 2.18. The molecule has 0 radical (unpaired) electrons. The van der Waals surface area contributed by atoms with Crippen LogP contribution in [0.1, 0.15) is 17.0 Å². The normalized spacial score (nSPS) is 10.3. The van der Waals surface area contributed by atoms with Crippen LogP contribution in [-0.4, -0.2) is 27.3 Å². The summed E-state index contributed by atoms with van der Waals surface area (Å²) >= 11 is 0. The fraction of sp³-hybridized carbons (Fsp3) is 0.235. The van der Waals surface area contributed by atoms with Crippen LogP contribution in [0.3, 0.4) is 0 Å². The van der Waals surface area contributed by atoms with E-state index in [1.165, 1.54) is 7.11 Å². The molecule has 0 unspecified atom stereocenters. The van der Waals surface area contributed by atoms with E-state index in [9.17, 15) is 4.79 Å². The molecule has 21 heavy (non-hydrogen) atoms. The maximum Gasteiger partial charge on any atom is 0.317 e. The van der Waals surface area contributed by atoms with Crippen molar-refractivity contribution in [3.8, 4) is 11.5 Å². The van der Waals surface area contributed by atoms with Crippen LogP contribution >= 0.6 is 0 Å².